The summed E-state index contributed by atoms with van der Waals surface area (Å²) < 4.78 is 5.38. The second-order valence-electron chi connectivity index (χ2n) is 5.09. The highest BCUT2D eigenvalue weighted by atomic mass is 16.5. The summed E-state index contributed by atoms with van der Waals surface area (Å²) in [6.07, 6.45) is 2.12. The Balaban J connectivity index is 2.50. The summed E-state index contributed by atoms with van der Waals surface area (Å²) in [7, 11) is 0. The van der Waals surface area contributed by atoms with Gasteiger partial charge in [-0.1, -0.05) is 45.0 Å². The number of hydrogen-bond acceptors (Lipinski definition) is 2. The van der Waals surface area contributed by atoms with Crippen molar-refractivity contribution < 1.29 is 4.74 Å². The zero-order chi connectivity index (χ0) is 12.7. The predicted octanol–water partition coefficient (Wildman–Crippen LogP) is 2.89. The third-order valence-electron chi connectivity index (χ3n) is 3.42. The van der Waals surface area contributed by atoms with Gasteiger partial charge in [0.15, 0.2) is 0 Å². The maximum Gasteiger partial charge on any atom is 0.0588 e. The average Bonchev–Trinajstić information content (AvgIpc) is 2.35. The average molecular weight is 235 g/mol. The van der Waals surface area contributed by atoms with Crippen LogP contribution in [0.1, 0.15) is 38.3 Å². The topological polar surface area (TPSA) is 35.2 Å². The van der Waals surface area contributed by atoms with E-state index in [1.807, 2.05) is 0 Å². The number of nitrogens with two attached hydrogens (primary N) is 1. The van der Waals surface area contributed by atoms with E-state index in [4.69, 9.17) is 10.5 Å². The Kier molecular flexibility index (Phi) is 5.66. The Morgan fingerprint density at radius 3 is 2.29 bits per heavy atom. The van der Waals surface area contributed by atoms with Crippen LogP contribution >= 0.6 is 0 Å². The number of hydrogen-bond donors (Lipinski definition) is 1. The van der Waals surface area contributed by atoms with Crippen molar-refractivity contribution in [3.63, 3.8) is 0 Å². The van der Waals surface area contributed by atoms with E-state index < -0.39 is 0 Å². The molecule has 1 aromatic carbocycles. The fourth-order valence-electron chi connectivity index (χ4n) is 1.70. The van der Waals surface area contributed by atoms with Gasteiger partial charge in [-0.2, -0.15) is 0 Å². The first-order chi connectivity index (χ1) is 8.10. The molecule has 0 saturated carbocycles. The predicted molar refractivity (Wildman–Crippen MR) is 73.3 cm³/mol. The van der Waals surface area contributed by atoms with Crippen LogP contribution in [0.4, 0.5) is 0 Å². The lowest BCUT2D eigenvalue weighted by molar-refractivity contribution is 0.145. The lowest BCUT2D eigenvalue weighted by Gasteiger charge is -2.23. The molecule has 0 atom stereocenters. The number of ether oxygens (including phenoxy) is 1. The van der Waals surface area contributed by atoms with Gasteiger partial charge >= 0.3 is 0 Å². The molecule has 0 aliphatic heterocycles. The largest absolute Gasteiger partial charge is 0.380 e. The van der Waals surface area contributed by atoms with Gasteiger partial charge in [0, 0.05) is 6.54 Å². The second-order valence-corrected chi connectivity index (χ2v) is 5.09. The van der Waals surface area contributed by atoms with Crippen LogP contribution in [-0.4, -0.2) is 19.8 Å². The van der Waals surface area contributed by atoms with Crippen LogP contribution in [-0.2, 0) is 16.6 Å². The van der Waals surface area contributed by atoms with Crippen LogP contribution in [0.3, 0.4) is 0 Å². The molecule has 17 heavy (non-hydrogen) atoms. The monoisotopic (exact) mass is 235 g/mol. The summed E-state index contributed by atoms with van der Waals surface area (Å²) in [4.78, 5) is 0. The van der Waals surface area contributed by atoms with Crippen molar-refractivity contribution in [2.24, 2.45) is 5.73 Å². The van der Waals surface area contributed by atoms with Crippen molar-refractivity contribution in [3.05, 3.63) is 35.4 Å². The Bertz CT molecular complexity index is 316. The minimum absolute atomic E-state index is 0.272. The van der Waals surface area contributed by atoms with Gasteiger partial charge in [-0.15, -0.1) is 0 Å². The zero-order valence-corrected chi connectivity index (χ0v) is 11.3. The number of rotatable bonds is 7. The fourth-order valence-corrected chi connectivity index (χ4v) is 1.70. The minimum atomic E-state index is 0.272. The molecule has 0 aliphatic carbocycles. The summed E-state index contributed by atoms with van der Waals surface area (Å²) in [5.41, 5.74) is 8.38. The van der Waals surface area contributed by atoms with Crippen molar-refractivity contribution >= 4 is 0 Å². The van der Waals surface area contributed by atoms with Gasteiger partial charge in [0.05, 0.1) is 13.2 Å². The lowest BCUT2D eigenvalue weighted by Crippen LogP contribution is -2.15. The van der Waals surface area contributed by atoms with Gasteiger partial charge in [0.2, 0.25) is 0 Å². The highest BCUT2D eigenvalue weighted by molar-refractivity contribution is 5.28. The summed E-state index contributed by atoms with van der Waals surface area (Å²) >= 11 is 0. The first-order valence-corrected chi connectivity index (χ1v) is 6.47. The summed E-state index contributed by atoms with van der Waals surface area (Å²) in [6.45, 7) is 8.81. The third kappa shape index (κ3) is 4.49. The SMILES string of the molecule is CCC(C)(C)c1ccc(CCOCCN)cc1. The molecule has 0 radical (unpaired) electrons. The van der Waals surface area contributed by atoms with E-state index in [0.29, 0.717) is 13.2 Å². The van der Waals surface area contributed by atoms with Gasteiger partial charge in [0.25, 0.3) is 0 Å². The molecule has 2 heteroatoms. The van der Waals surface area contributed by atoms with Gasteiger partial charge in [-0.05, 0) is 29.4 Å². The Labute approximate surface area is 105 Å². The first kappa shape index (κ1) is 14.2. The second kappa shape index (κ2) is 6.77. The maximum atomic E-state index is 5.38. The van der Waals surface area contributed by atoms with Gasteiger partial charge in [0.1, 0.15) is 0 Å². The van der Waals surface area contributed by atoms with Crippen molar-refractivity contribution in [3.8, 4) is 0 Å². The van der Waals surface area contributed by atoms with Crippen molar-refractivity contribution in [1.82, 2.24) is 0 Å². The Hall–Kier alpha value is -0.860. The van der Waals surface area contributed by atoms with E-state index in [1.165, 1.54) is 11.1 Å². The van der Waals surface area contributed by atoms with Crippen LogP contribution in [0, 0.1) is 0 Å². The minimum Gasteiger partial charge on any atom is -0.380 e. The highest BCUT2D eigenvalue weighted by Crippen LogP contribution is 2.26. The van der Waals surface area contributed by atoms with Crippen molar-refractivity contribution in [2.75, 3.05) is 19.8 Å². The molecule has 0 aliphatic rings. The van der Waals surface area contributed by atoms with E-state index in [-0.39, 0.29) is 5.41 Å². The molecule has 0 unspecified atom stereocenters. The van der Waals surface area contributed by atoms with E-state index in [9.17, 15) is 0 Å². The normalized spacial score (nSPS) is 11.8. The van der Waals surface area contributed by atoms with Gasteiger partial charge < -0.3 is 10.5 Å². The quantitative estimate of drug-likeness (QED) is 0.738. The van der Waals surface area contributed by atoms with Crippen molar-refractivity contribution in [2.45, 2.75) is 39.0 Å². The fraction of sp³-hybridized carbons (Fsp3) is 0.600. The van der Waals surface area contributed by atoms with Crippen molar-refractivity contribution in [1.29, 1.82) is 0 Å². The van der Waals surface area contributed by atoms with E-state index >= 15 is 0 Å². The van der Waals surface area contributed by atoms with Crippen LogP contribution in [0.5, 0.6) is 0 Å². The Morgan fingerprint density at radius 1 is 1.12 bits per heavy atom. The summed E-state index contributed by atoms with van der Waals surface area (Å²) in [5, 5.41) is 0. The van der Waals surface area contributed by atoms with Crippen LogP contribution in [0.25, 0.3) is 0 Å². The van der Waals surface area contributed by atoms with Crippen LogP contribution < -0.4 is 5.73 Å². The van der Waals surface area contributed by atoms with E-state index in [0.717, 1.165) is 19.4 Å². The van der Waals surface area contributed by atoms with Crippen LogP contribution in [0.2, 0.25) is 0 Å². The molecule has 0 spiro atoms. The molecule has 0 bridgehead atoms. The molecule has 2 nitrogen and oxygen atoms in total. The van der Waals surface area contributed by atoms with Gasteiger partial charge in [-0.3, -0.25) is 0 Å². The first-order valence-electron chi connectivity index (χ1n) is 6.47. The van der Waals surface area contributed by atoms with E-state index in [1.54, 1.807) is 0 Å². The molecule has 0 aromatic heterocycles. The van der Waals surface area contributed by atoms with E-state index in [2.05, 4.69) is 45.0 Å². The lowest BCUT2D eigenvalue weighted by atomic mass is 9.82. The Morgan fingerprint density at radius 2 is 1.76 bits per heavy atom. The molecule has 0 fully saturated rings. The molecule has 2 N–H and O–H groups in total. The molecule has 0 amide bonds. The summed E-state index contributed by atoms with van der Waals surface area (Å²) in [6, 6.07) is 8.89. The molecule has 1 rings (SSSR count). The summed E-state index contributed by atoms with van der Waals surface area (Å²) in [5.74, 6) is 0. The molecule has 0 saturated heterocycles. The van der Waals surface area contributed by atoms with Crippen LogP contribution in [0.15, 0.2) is 24.3 Å². The maximum absolute atomic E-state index is 5.38. The third-order valence-corrected chi connectivity index (χ3v) is 3.42. The zero-order valence-electron chi connectivity index (χ0n) is 11.3. The molecule has 96 valence electrons. The molecule has 1 aromatic rings. The molecule has 0 heterocycles. The highest BCUT2D eigenvalue weighted by Gasteiger charge is 2.17. The molecular weight excluding hydrogens is 210 g/mol. The number of benzene rings is 1. The van der Waals surface area contributed by atoms with Gasteiger partial charge in [-0.25, -0.2) is 0 Å². The standard InChI is InChI=1S/C15H25NO/c1-4-15(2,3)14-7-5-13(6-8-14)9-11-17-12-10-16/h5-8H,4,9-12,16H2,1-3H3. The smallest absolute Gasteiger partial charge is 0.0588 e. The molecular formula is C15H25NO.